The van der Waals surface area contributed by atoms with Crippen LogP contribution in [0.5, 0.6) is 0 Å². The number of hydrogen-bond acceptors (Lipinski definition) is 5. The Bertz CT molecular complexity index is 218. The molecule has 0 heterocycles. The summed E-state index contributed by atoms with van der Waals surface area (Å²) in [6.07, 6.45) is 1.20. The van der Waals surface area contributed by atoms with Crippen molar-refractivity contribution in [3.05, 3.63) is 0 Å². The van der Waals surface area contributed by atoms with Crippen LogP contribution >= 0.6 is 0 Å². The maximum absolute atomic E-state index is 8.99. The molecule has 0 aliphatic carbocycles. The minimum Gasteiger partial charge on any atom is -0.396 e. The van der Waals surface area contributed by atoms with Gasteiger partial charge in [-0.05, 0) is 40.5 Å². The van der Waals surface area contributed by atoms with E-state index in [1.807, 2.05) is 27.7 Å². The van der Waals surface area contributed by atoms with E-state index >= 15 is 0 Å². The van der Waals surface area contributed by atoms with Crippen molar-refractivity contribution in [3.8, 4) is 0 Å². The van der Waals surface area contributed by atoms with Gasteiger partial charge in [0.1, 0.15) is 0 Å². The molecule has 20 heavy (non-hydrogen) atoms. The molecule has 0 aliphatic rings. The second kappa shape index (κ2) is 9.68. The monoisotopic (exact) mass is 292 g/mol. The normalized spacial score (nSPS) is 13.2. The highest BCUT2D eigenvalue weighted by atomic mass is 16.5. The fourth-order valence-electron chi connectivity index (χ4n) is 1.75. The fourth-order valence-corrected chi connectivity index (χ4v) is 1.75. The van der Waals surface area contributed by atoms with Gasteiger partial charge >= 0.3 is 0 Å². The topological polar surface area (TPSA) is 68.2 Å². The Morgan fingerprint density at radius 2 is 1.20 bits per heavy atom. The first kappa shape index (κ1) is 19.8. The molecule has 122 valence electrons. The van der Waals surface area contributed by atoms with E-state index in [1.165, 1.54) is 0 Å². The van der Waals surface area contributed by atoms with E-state index in [1.54, 1.807) is 7.11 Å². The average molecular weight is 292 g/mol. The first-order valence-corrected chi connectivity index (χ1v) is 7.25. The largest absolute Gasteiger partial charge is 0.396 e. The van der Waals surface area contributed by atoms with Crippen molar-refractivity contribution < 1.29 is 24.4 Å². The van der Waals surface area contributed by atoms with E-state index in [2.05, 4.69) is 0 Å². The Labute approximate surface area is 123 Å². The van der Waals surface area contributed by atoms with E-state index in [0.29, 0.717) is 32.7 Å². The third-order valence-corrected chi connectivity index (χ3v) is 3.25. The average Bonchev–Trinajstić information content (AvgIpc) is 2.32. The van der Waals surface area contributed by atoms with Gasteiger partial charge in [-0.2, -0.15) is 0 Å². The maximum atomic E-state index is 8.99. The Balaban J connectivity index is 4.22. The standard InChI is InChI=1S/C15H32O5/c1-14(2,6-8-16)19-11-13(10-18-5)12-20-15(3,4)7-9-17/h13,16-17H,6-12H2,1-5H3. The number of hydrogen-bond donors (Lipinski definition) is 2. The molecular weight excluding hydrogens is 260 g/mol. The Morgan fingerprint density at radius 1 is 0.800 bits per heavy atom. The molecule has 0 aromatic rings. The van der Waals surface area contributed by atoms with E-state index in [-0.39, 0.29) is 30.3 Å². The molecule has 5 heteroatoms. The third kappa shape index (κ3) is 9.66. The zero-order valence-corrected chi connectivity index (χ0v) is 13.6. The quantitative estimate of drug-likeness (QED) is 0.572. The van der Waals surface area contributed by atoms with Crippen LogP contribution in [0, 0.1) is 5.92 Å². The van der Waals surface area contributed by atoms with Gasteiger partial charge in [0, 0.05) is 26.2 Å². The summed E-state index contributed by atoms with van der Waals surface area (Å²) in [4.78, 5) is 0. The zero-order valence-electron chi connectivity index (χ0n) is 13.6. The predicted octanol–water partition coefficient (Wildman–Crippen LogP) is 1.60. The minimum absolute atomic E-state index is 0.113. The van der Waals surface area contributed by atoms with Crippen LogP contribution in [0.2, 0.25) is 0 Å². The van der Waals surface area contributed by atoms with Crippen molar-refractivity contribution in [2.75, 3.05) is 40.1 Å². The summed E-state index contributed by atoms with van der Waals surface area (Å²) in [5, 5.41) is 18.0. The molecule has 0 saturated carbocycles. The molecule has 0 radical (unpaired) electrons. The lowest BCUT2D eigenvalue weighted by atomic mass is 10.0. The summed E-state index contributed by atoms with van der Waals surface area (Å²) in [5.41, 5.74) is -0.692. The van der Waals surface area contributed by atoms with E-state index in [4.69, 9.17) is 24.4 Å². The molecule has 5 nitrogen and oxygen atoms in total. The van der Waals surface area contributed by atoms with Gasteiger partial charge in [0.05, 0.1) is 31.0 Å². The highest BCUT2D eigenvalue weighted by Crippen LogP contribution is 2.18. The summed E-state index contributed by atoms with van der Waals surface area (Å²) in [7, 11) is 1.66. The summed E-state index contributed by atoms with van der Waals surface area (Å²) < 4.78 is 16.9. The molecule has 0 rings (SSSR count). The predicted molar refractivity (Wildman–Crippen MR) is 78.8 cm³/mol. The Hall–Kier alpha value is -0.200. The molecule has 2 N–H and O–H groups in total. The number of rotatable bonds is 12. The van der Waals surface area contributed by atoms with Crippen LogP contribution in [0.3, 0.4) is 0 Å². The second-order valence-electron chi connectivity index (χ2n) is 6.41. The van der Waals surface area contributed by atoms with E-state index in [9.17, 15) is 0 Å². The third-order valence-electron chi connectivity index (χ3n) is 3.25. The van der Waals surface area contributed by atoms with Crippen LogP contribution in [0.15, 0.2) is 0 Å². The van der Waals surface area contributed by atoms with E-state index < -0.39 is 0 Å². The number of aliphatic hydroxyl groups is 2. The van der Waals surface area contributed by atoms with Crippen LogP contribution in [0.25, 0.3) is 0 Å². The van der Waals surface area contributed by atoms with Gasteiger partial charge in [-0.15, -0.1) is 0 Å². The molecule has 0 aromatic carbocycles. The fraction of sp³-hybridized carbons (Fsp3) is 1.00. The number of methoxy groups -OCH3 is 1. The molecule has 0 aliphatic heterocycles. The summed E-state index contributed by atoms with van der Waals surface area (Å²) in [6.45, 7) is 9.68. The molecule has 0 spiro atoms. The Morgan fingerprint density at radius 3 is 1.50 bits per heavy atom. The molecule has 0 saturated heterocycles. The van der Waals surface area contributed by atoms with Crippen molar-refractivity contribution in [2.24, 2.45) is 5.92 Å². The van der Waals surface area contributed by atoms with Crippen molar-refractivity contribution in [1.82, 2.24) is 0 Å². The van der Waals surface area contributed by atoms with Crippen LogP contribution in [-0.2, 0) is 14.2 Å². The highest BCUT2D eigenvalue weighted by Gasteiger charge is 2.23. The van der Waals surface area contributed by atoms with E-state index in [0.717, 1.165) is 0 Å². The molecular formula is C15H32O5. The minimum atomic E-state index is -0.346. The van der Waals surface area contributed by atoms with Gasteiger partial charge in [0.25, 0.3) is 0 Å². The molecule has 0 atom stereocenters. The van der Waals surface area contributed by atoms with Crippen molar-refractivity contribution >= 4 is 0 Å². The highest BCUT2D eigenvalue weighted by molar-refractivity contribution is 4.72. The summed E-state index contributed by atoms with van der Waals surface area (Å²) in [5.74, 6) is 0.135. The lowest BCUT2D eigenvalue weighted by Crippen LogP contribution is -2.34. The molecule has 0 amide bonds. The molecule has 0 aromatic heterocycles. The number of ether oxygens (including phenoxy) is 3. The second-order valence-corrected chi connectivity index (χ2v) is 6.41. The lowest BCUT2D eigenvalue weighted by Gasteiger charge is -2.30. The van der Waals surface area contributed by atoms with Gasteiger partial charge in [0.2, 0.25) is 0 Å². The molecule has 0 unspecified atom stereocenters. The molecule has 0 bridgehead atoms. The van der Waals surface area contributed by atoms with Gasteiger partial charge in [-0.25, -0.2) is 0 Å². The maximum Gasteiger partial charge on any atom is 0.0648 e. The SMILES string of the molecule is COCC(COC(C)(C)CCO)COC(C)(C)CCO. The van der Waals surface area contributed by atoms with Crippen molar-refractivity contribution in [1.29, 1.82) is 0 Å². The van der Waals surface area contributed by atoms with Crippen molar-refractivity contribution in [2.45, 2.75) is 51.7 Å². The zero-order chi connectivity index (χ0) is 15.6. The van der Waals surface area contributed by atoms with Crippen LogP contribution in [-0.4, -0.2) is 61.6 Å². The van der Waals surface area contributed by atoms with Gasteiger partial charge in [0.15, 0.2) is 0 Å². The lowest BCUT2D eigenvalue weighted by molar-refractivity contribution is -0.0991. The first-order chi connectivity index (χ1) is 9.26. The van der Waals surface area contributed by atoms with Gasteiger partial charge in [-0.1, -0.05) is 0 Å². The smallest absolute Gasteiger partial charge is 0.0648 e. The number of aliphatic hydroxyl groups excluding tert-OH is 2. The van der Waals surface area contributed by atoms with Crippen LogP contribution in [0.4, 0.5) is 0 Å². The van der Waals surface area contributed by atoms with Gasteiger partial charge in [-0.3, -0.25) is 0 Å². The Kier molecular flexibility index (Phi) is 9.59. The molecule has 0 fully saturated rings. The summed E-state index contributed by atoms with van der Waals surface area (Å²) >= 11 is 0. The van der Waals surface area contributed by atoms with Gasteiger partial charge < -0.3 is 24.4 Å². The first-order valence-electron chi connectivity index (χ1n) is 7.25. The summed E-state index contributed by atoms with van der Waals surface area (Å²) in [6, 6.07) is 0. The van der Waals surface area contributed by atoms with Crippen molar-refractivity contribution in [3.63, 3.8) is 0 Å². The van der Waals surface area contributed by atoms with Crippen LogP contribution in [0.1, 0.15) is 40.5 Å². The van der Waals surface area contributed by atoms with Crippen LogP contribution < -0.4 is 0 Å².